The summed E-state index contributed by atoms with van der Waals surface area (Å²) in [5.74, 6) is -0.449. The number of rotatable bonds is 4. The van der Waals surface area contributed by atoms with Crippen LogP contribution in [0.2, 0.25) is 0 Å². The van der Waals surface area contributed by atoms with E-state index in [-0.39, 0.29) is 22.1 Å². The molecule has 130 valence electrons. The summed E-state index contributed by atoms with van der Waals surface area (Å²) in [5, 5.41) is 0.709. The fourth-order valence-electron chi connectivity index (χ4n) is 2.47. The summed E-state index contributed by atoms with van der Waals surface area (Å²) in [4.78, 5) is 11.5. The highest BCUT2D eigenvalue weighted by atomic mass is 32.2. The maximum atomic E-state index is 12.9. The molecule has 0 atom stereocenters. The fourth-order valence-corrected chi connectivity index (χ4v) is 3.40. The van der Waals surface area contributed by atoms with E-state index in [9.17, 15) is 17.6 Å². The Morgan fingerprint density at radius 3 is 2.36 bits per heavy atom. The molecular weight excluding hydrogens is 347 g/mol. The molecule has 0 saturated heterocycles. The molecule has 0 saturated carbocycles. The van der Waals surface area contributed by atoms with Gasteiger partial charge in [0, 0.05) is 17.5 Å². The van der Waals surface area contributed by atoms with Gasteiger partial charge in [0.05, 0.1) is 0 Å². The van der Waals surface area contributed by atoms with Crippen LogP contribution in [0.15, 0.2) is 62.6 Å². The monoisotopic (exact) mass is 362 g/mol. The van der Waals surface area contributed by atoms with E-state index in [2.05, 4.69) is 0 Å². The van der Waals surface area contributed by atoms with Crippen LogP contribution in [-0.4, -0.2) is 8.42 Å². The molecular formula is C18H15FO5S. The molecule has 1 heterocycles. The van der Waals surface area contributed by atoms with Crippen molar-refractivity contribution in [3.8, 4) is 5.75 Å². The molecule has 0 aliphatic carbocycles. The standard InChI is InChI=1S/C18H15FO5S/c1-11(2)16-10-18(20)23-17-9-13(5-8-15(16)17)24-25(21,22)14-6-3-12(19)4-7-14/h3-11H,1-2H3. The molecule has 1 aromatic heterocycles. The van der Waals surface area contributed by atoms with Crippen LogP contribution < -0.4 is 9.81 Å². The molecule has 0 fully saturated rings. The molecule has 0 aliphatic heterocycles. The van der Waals surface area contributed by atoms with Gasteiger partial charge in [-0.1, -0.05) is 13.8 Å². The molecule has 7 heteroatoms. The van der Waals surface area contributed by atoms with E-state index in [1.165, 1.54) is 18.2 Å². The minimum absolute atomic E-state index is 0.000816. The van der Waals surface area contributed by atoms with Crippen molar-refractivity contribution in [3.63, 3.8) is 0 Å². The smallest absolute Gasteiger partial charge is 0.339 e. The van der Waals surface area contributed by atoms with Crippen molar-refractivity contribution in [1.82, 2.24) is 0 Å². The highest BCUT2D eigenvalue weighted by Gasteiger charge is 2.18. The molecule has 0 amide bonds. The minimum Gasteiger partial charge on any atom is -0.423 e. The first-order valence-electron chi connectivity index (χ1n) is 7.54. The predicted octanol–water partition coefficient (Wildman–Crippen LogP) is 3.82. The second-order valence-electron chi connectivity index (χ2n) is 5.82. The van der Waals surface area contributed by atoms with Crippen molar-refractivity contribution in [2.75, 3.05) is 0 Å². The Bertz CT molecular complexity index is 1080. The van der Waals surface area contributed by atoms with E-state index in [0.717, 1.165) is 29.8 Å². The van der Waals surface area contributed by atoms with Crippen molar-refractivity contribution in [2.24, 2.45) is 0 Å². The van der Waals surface area contributed by atoms with E-state index < -0.39 is 21.6 Å². The van der Waals surface area contributed by atoms with Gasteiger partial charge >= 0.3 is 15.7 Å². The van der Waals surface area contributed by atoms with Crippen LogP contribution in [-0.2, 0) is 10.1 Å². The van der Waals surface area contributed by atoms with Gasteiger partial charge in [-0.25, -0.2) is 9.18 Å². The van der Waals surface area contributed by atoms with E-state index >= 15 is 0 Å². The largest absolute Gasteiger partial charge is 0.423 e. The normalized spacial score (nSPS) is 11.8. The third-order valence-electron chi connectivity index (χ3n) is 3.68. The minimum atomic E-state index is -4.12. The van der Waals surface area contributed by atoms with Crippen molar-refractivity contribution in [3.05, 3.63) is 70.3 Å². The van der Waals surface area contributed by atoms with Crippen LogP contribution in [0.1, 0.15) is 25.3 Å². The van der Waals surface area contributed by atoms with Gasteiger partial charge in [0.2, 0.25) is 0 Å². The first-order valence-corrected chi connectivity index (χ1v) is 8.95. The molecule has 0 spiro atoms. The van der Waals surface area contributed by atoms with E-state index in [1.54, 1.807) is 6.07 Å². The zero-order valence-electron chi connectivity index (χ0n) is 13.5. The second kappa shape index (κ2) is 6.33. The van der Waals surface area contributed by atoms with Crippen LogP contribution in [0.3, 0.4) is 0 Å². The Kier molecular flexibility index (Phi) is 4.34. The summed E-state index contributed by atoms with van der Waals surface area (Å²) >= 11 is 0. The second-order valence-corrected chi connectivity index (χ2v) is 7.37. The summed E-state index contributed by atoms with van der Waals surface area (Å²) in [6, 6.07) is 10.2. The molecule has 25 heavy (non-hydrogen) atoms. The molecule has 3 rings (SSSR count). The number of halogens is 1. The summed E-state index contributed by atoms with van der Waals surface area (Å²) in [6.45, 7) is 3.88. The average molecular weight is 362 g/mol. The van der Waals surface area contributed by atoms with Crippen molar-refractivity contribution < 1.29 is 21.4 Å². The Balaban J connectivity index is 2.02. The fraction of sp³-hybridized carbons (Fsp3) is 0.167. The molecule has 0 aliphatic rings. The van der Waals surface area contributed by atoms with Gasteiger partial charge in [-0.3, -0.25) is 0 Å². The Labute approximate surface area is 143 Å². The lowest BCUT2D eigenvalue weighted by atomic mass is 10.00. The van der Waals surface area contributed by atoms with Gasteiger partial charge in [-0.05, 0) is 47.9 Å². The number of benzene rings is 2. The van der Waals surface area contributed by atoms with Crippen molar-refractivity contribution in [2.45, 2.75) is 24.7 Å². The topological polar surface area (TPSA) is 73.6 Å². The van der Waals surface area contributed by atoms with E-state index in [1.807, 2.05) is 13.8 Å². The van der Waals surface area contributed by atoms with E-state index in [4.69, 9.17) is 8.60 Å². The van der Waals surface area contributed by atoms with Gasteiger partial charge in [-0.15, -0.1) is 0 Å². The number of hydrogen-bond donors (Lipinski definition) is 0. The zero-order chi connectivity index (χ0) is 18.2. The first kappa shape index (κ1) is 17.2. The zero-order valence-corrected chi connectivity index (χ0v) is 14.3. The molecule has 0 N–H and O–H groups in total. The Morgan fingerprint density at radius 2 is 1.72 bits per heavy atom. The highest BCUT2D eigenvalue weighted by molar-refractivity contribution is 7.87. The van der Waals surface area contributed by atoms with Gasteiger partial charge in [0.1, 0.15) is 22.0 Å². The maximum absolute atomic E-state index is 12.9. The molecule has 5 nitrogen and oxygen atoms in total. The predicted molar refractivity (Wildman–Crippen MR) is 90.8 cm³/mol. The van der Waals surface area contributed by atoms with Gasteiger partial charge in [-0.2, -0.15) is 8.42 Å². The van der Waals surface area contributed by atoms with Crippen molar-refractivity contribution in [1.29, 1.82) is 0 Å². The van der Waals surface area contributed by atoms with Gasteiger partial charge < -0.3 is 8.60 Å². The lowest BCUT2D eigenvalue weighted by Gasteiger charge is -2.10. The number of hydrogen-bond acceptors (Lipinski definition) is 5. The third-order valence-corrected chi connectivity index (χ3v) is 4.94. The maximum Gasteiger partial charge on any atom is 0.339 e. The molecule has 2 aromatic carbocycles. The quantitative estimate of drug-likeness (QED) is 0.521. The average Bonchev–Trinajstić information content (AvgIpc) is 2.53. The van der Waals surface area contributed by atoms with Crippen molar-refractivity contribution >= 4 is 21.1 Å². The Hall–Kier alpha value is -2.67. The van der Waals surface area contributed by atoms with Crippen LogP contribution in [0, 0.1) is 5.82 Å². The highest BCUT2D eigenvalue weighted by Crippen LogP contribution is 2.28. The molecule has 0 radical (unpaired) electrons. The number of fused-ring (bicyclic) bond motifs is 1. The molecule has 0 bridgehead atoms. The van der Waals surface area contributed by atoms with Crippen LogP contribution >= 0.6 is 0 Å². The molecule has 3 aromatic rings. The SMILES string of the molecule is CC(C)c1cc(=O)oc2cc(OS(=O)(=O)c3ccc(F)cc3)ccc12. The summed E-state index contributed by atoms with van der Waals surface area (Å²) in [7, 11) is -4.12. The van der Waals surface area contributed by atoms with Gasteiger partial charge in [0.25, 0.3) is 0 Å². The summed E-state index contributed by atoms with van der Waals surface area (Å²) in [5.41, 5.74) is 0.525. The van der Waals surface area contributed by atoms with Crippen LogP contribution in [0.25, 0.3) is 11.0 Å². The van der Waals surface area contributed by atoms with Crippen LogP contribution in [0.4, 0.5) is 4.39 Å². The lowest BCUT2D eigenvalue weighted by Crippen LogP contribution is -2.10. The Morgan fingerprint density at radius 1 is 1.04 bits per heavy atom. The van der Waals surface area contributed by atoms with Gasteiger partial charge in [0.15, 0.2) is 0 Å². The van der Waals surface area contributed by atoms with E-state index in [0.29, 0.717) is 5.39 Å². The van der Waals surface area contributed by atoms with Crippen LogP contribution in [0.5, 0.6) is 5.75 Å². The third kappa shape index (κ3) is 3.56. The lowest BCUT2D eigenvalue weighted by molar-refractivity contribution is 0.484. The summed E-state index contributed by atoms with van der Waals surface area (Å²) < 4.78 is 47.7. The first-order chi connectivity index (χ1) is 11.8. The summed E-state index contributed by atoms with van der Waals surface area (Å²) in [6.07, 6.45) is 0. The molecule has 0 unspecified atom stereocenters.